The third-order valence-electron chi connectivity index (χ3n) is 4.72. The topological polar surface area (TPSA) is 54.9 Å². The summed E-state index contributed by atoms with van der Waals surface area (Å²) in [6.45, 7) is 9.59. The van der Waals surface area contributed by atoms with E-state index >= 15 is 0 Å². The molecule has 0 bridgehead atoms. The van der Waals surface area contributed by atoms with E-state index < -0.39 is 0 Å². The molecule has 0 spiro atoms. The summed E-state index contributed by atoms with van der Waals surface area (Å²) < 4.78 is 11.1. The molecule has 5 nitrogen and oxygen atoms in total. The normalized spacial score (nSPS) is 27.6. The molecule has 0 radical (unpaired) electrons. The van der Waals surface area contributed by atoms with Crippen LogP contribution in [0.2, 0.25) is 0 Å². The standard InChI is InChI=1S/C18H35N3O2.HI/c1-3-19-18(21-17-7-4-6-15(2)12-17)20-9-5-10-22-13-16-8-11-23-14-16;/h15-17H,3-14H2,1-2H3,(H2,19,20,21);1H. The van der Waals surface area contributed by atoms with E-state index in [1.807, 2.05) is 0 Å². The first-order valence-electron chi connectivity index (χ1n) is 9.48. The van der Waals surface area contributed by atoms with Crippen molar-refractivity contribution < 1.29 is 9.47 Å². The largest absolute Gasteiger partial charge is 0.381 e. The zero-order valence-electron chi connectivity index (χ0n) is 15.4. The first kappa shape index (κ1) is 22.0. The van der Waals surface area contributed by atoms with Crippen LogP contribution in [0.4, 0.5) is 0 Å². The Labute approximate surface area is 164 Å². The maximum Gasteiger partial charge on any atom is 0.191 e. The molecule has 0 aromatic heterocycles. The molecule has 3 atom stereocenters. The molecule has 1 saturated carbocycles. The maximum atomic E-state index is 5.73. The van der Waals surface area contributed by atoms with Gasteiger partial charge in [0.1, 0.15) is 0 Å². The lowest BCUT2D eigenvalue weighted by atomic mass is 9.87. The lowest BCUT2D eigenvalue weighted by molar-refractivity contribution is 0.0893. The van der Waals surface area contributed by atoms with Crippen molar-refractivity contribution >= 4 is 29.9 Å². The SMILES string of the molecule is CCNC(=NCCCOCC1CCOC1)NC1CCCC(C)C1.I. The Balaban J connectivity index is 0.00000288. The minimum absolute atomic E-state index is 0. The van der Waals surface area contributed by atoms with Gasteiger partial charge in [-0.25, -0.2) is 0 Å². The Morgan fingerprint density at radius 1 is 1.29 bits per heavy atom. The van der Waals surface area contributed by atoms with Gasteiger partial charge in [0.05, 0.1) is 13.2 Å². The van der Waals surface area contributed by atoms with E-state index in [2.05, 4.69) is 24.5 Å². The van der Waals surface area contributed by atoms with Gasteiger partial charge in [0.25, 0.3) is 0 Å². The molecule has 2 N–H and O–H groups in total. The number of hydrogen-bond acceptors (Lipinski definition) is 3. The summed E-state index contributed by atoms with van der Waals surface area (Å²) >= 11 is 0. The molecule has 2 fully saturated rings. The van der Waals surface area contributed by atoms with Gasteiger partial charge in [0.2, 0.25) is 0 Å². The zero-order chi connectivity index (χ0) is 16.3. The second-order valence-corrected chi connectivity index (χ2v) is 7.03. The lowest BCUT2D eigenvalue weighted by Crippen LogP contribution is -2.45. The summed E-state index contributed by atoms with van der Waals surface area (Å²) in [7, 11) is 0. The number of halogens is 1. The summed E-state index contributed by atoms with van der Waals surface area (Å²) in [4.78, 5) is 4.69. The number of guanidine groups is 1. The van der Waals surface area contributed by atoms with Crippen molar-refractivity contribution in [1.29, 1.82) is 0 Å². The van der Waals surface area contributed by atoms with Gasteiger partial charge >= 0.3 is 0 Å². The van der Waals surface area contributed by atoms with Gasteiger partial charge in [-0.3, -0.25) is 4.99 Å². The number of nitrogens with zero attached hydrogens (tertiary/aromatic N) is 1. The van der Waals surface area contributed by atoms with Crippen LogP contribution in [0.3, 0.4) is 0 Å². The van der Waals surface area contributed by atoms with Gasteiger partial charge in [-0.2, -0.15) is 0 Å². The average Bonchev–Trinajstić information content (AvgIpc) is 3.04. The van der Waals surface area contributed by atoms with Crippen LogP contribution < -0.4 is 10.6 Å². The first-order valence-corrected chi connectivity index (χ1v) is 9.48. The van der Waals surface area contributed by atoms with Crippen LogP contribution >= 0.6 is 24.0 Å². The number of hydrogen-bond donors (Lipinski definition) is 2. The molecule has 1 saturated heterocycles. The Hall–Kier alpha value is -0.0800. The molecule has 3 unspecified atom stereocenters. The third-order valence-corrected chi connectivity index (χ3v) is 4.72. The van der Waals surface area contributed by atoms with E-state index in [1.165, 1.54) is 25.7 Å². The molecular weight excluding hydrogens is 417 g/mol. The minimum atomic E-state index is 0. The second kappa shape index (κ2) is 13.2. The third kappa shape index (κ3) is 8.85. The van der Waals surface area contributed by atoms with Crippen molar-refractivity contribution in [2.75, 3.05) is 39.5 Å². The minimum Gasteiger partial charge on any atom is -0.381 e. The molecule has 0 aromatic rings. The molecule has 0 aromatic carbocycles. The monoisotopic (exact) mass is 453 g/mol. The molecule has 24 heavy (non-hydrogen) atoms. The molecule has 1 aliphatic heterocycles. The Morgan fingerprint density at radius 3 is 2.88 bits per heavy atom. The molecule has 2 aliphatic rings. The molecule has 2 rings (SSSR count). The zero-order valence-corrected chi connectivity index (χ0v) is 17.7. The highest BCUT2D eigenvalue weighted by Crippen LogP contribution is 2.23. The van der Waals surface area contributed by atoms with Crippen molar-refractivity contribution in [1.82, 2.24) is 10.6 Å². The molecule has 142 valence electrons. The van der Waals surface area contributed by atoms with Crippen LogP contribution in [0.25, 0.3) is 0 Å². The summed E-state index contributed by atoms with van der Waals surface area (Å²) in [5.41, 5.74) is 0. The first-order chi connectivity index (χ1) is 11.3. The molecule has 1 aliphatic carbocycles. The molecule has 0 amide bonds. The fraction of sp³-hybridized carbons (Fsp3) is 0.944. The van der Waals surface area contributed by atoms with Gasteiger partial charge in [0, 0.05) is 38.3 Å². The summed E-state index contributed by atoms with van der Waals surface area (Å²) in [6.07, 6.45) is 7.35. The number of rotatable bonds is 8. The van der Waals surface area contributed by atoms with Crippen molar-refractivity contribution in [2.45, 2.75) is 58.4 Å². The fourth-order valence-electron chi connectivity index (χ4n) is 3.40. The number of ether oxygens (including phenoxy) is 2. The van der Waals surface area contributed by atoms with Crippen molar-refractivity contribution in [2.24, 2.45) is 16.8 Å². The Bertz CT molecular complexity index is 349. The smallest absolute Gasteiger partial charge is 0.191 e. The highest BCUT2D eigenvalue weighted by atomic mass is 127. The summed E-state index contributed by atoms with van der Waals surface area (Å²) in [5, 5.41) is 6.97. The van der Waals surface area contributed by atoms with Crippen LogP contribution in [0, 0.1) is 11.8 Å². The summed E-state index contributed by atoms with van der Waals surface area (Å²) in [6, 6.07) is 0.579. The van der Waals surface area contributed by atoms with E-state index in [1.54, 1.807) is 0 Å². The van der Waals surface area contributed by atoms with Gasteiger partial charge in [0.15, 0.2) is 5.96 Å². The van der Waals surface area contributed by atoms with E-state index in [9.17, 15) is 0 Å². The van der Waals surface area contributed by atoms with E-state index in [0.29, 0.717) is 12.0 Å². The maximum absolute atomic E-state index is 5.73. The highest BCUT2D eigenvalue weighted by molar-refractivity contribution is 14.0. The van der Waals surface area contributed by atoms with Crippen LogP contribution in [0.1, 0.15) is 52.4 Å². The van der Waals surface area contributed by atoms with Crippen LogP contribution in [0.15, 0.2) is 4.99 Å². The average molecular weight is 453 g/mol. The Kier molecular flexibility index (Phi) is 12.0. The molecular formula is C18H36IN3O2. The fourth-order valence-corrected chi connectivity index (χ4v) is 3.40. The quantitative estimate of drug-likeness (QED) is 0.257. The van der Waals surface area contributed by atoms with Gasteiger partial charge < -0.3 is 20.1 Å². The second-order valence-electron chi connectivity index (χ2n) is 7.03. The summed E-state index contributed by atoms with van der Waals surface area (Å²) in [5.74, 6) is 2.40. The van der Waals surface area contributed by atoms with Crippen molar-refractivity contribution in [3.05, 3.63) is 0 Å². The number of aliphatic imine (C=N–C) groups is 1. The van der Waals surface area contributed by atoms with E-state index in [-0.39, 0.29) is 24.0 Å². The van der Waals surface area contributed by atoms with Crippen LogP contribution in [-0.4, -0.2) is 51.5 Å². The van der Waals surface area contributed by atoms with Crippen LogP contribution in [-0.2, 0) is 9.47 Å². The molecule has 1 heterocycles. The molecule has 6 heteroatoms. The predicted octanol–water partition coefficient (Wildman–Crippen LogP) is 3.18. The highest BCUT2D eigenvalue weighted by Gasteiger charge is 2.19. The van der Waals surface area contributed by atoms with Crippen molar-refractivity contribution in [3.63, 3.8) is 0 Å². The van der Waals surface area contributed by atoms with Gasteiger partial charge in [-0.15, -0.1) is 24.0 Å². The predicted molar refractivity (Wildman–Crippen MR) is 110 cm³/mol. The Morgan fingerprint density at radius 2 is 2.17 bits per heavy atom. The van der Waals surface area contributed by atoms with Gasteiger partial charge in [-0.1, -0.05) is 19.8 Å². The lowest BCUT2D eigenvalue weighted by Gasteiger charge is -2.28. The van der Waals surface area contributed by atoms with Crippen molar-refractivity contribution in [3.8, 4) is 0 Å². The van der Waals surface area contributed by atoms with E-state index in [4.69, 9.17) is 14.5 Å². The number of nitrogens with one attached hydrogen (secondary N) is 2. The van der Waals surface area contributed by atoms with Crippen LogP contribution in [0.5, 0.6) is 0 Å². The van der Waals surface area contributed by atoms with E-state index in [0.717, 1.165) is 64.2 Å². The van der Waals surface area contributed by atoms with Gasteiger partial charge in [-0.05, 0) is 38.5 Å².